The topological polar surface area (TPSA) is 58.2 Å². The van der Waals surface area contributed by atoms with E-state index in [1.54, 1.807) is 12.4 Å². The average molecular weight is 889 g/mol. The second-order valence-corrected chi connectivity index (χ2v) is 11.4. The van der Waals surface area contributed by atoms with Crippen LogP contribution >= 0.6 is 90.4 Å². The van der Waals surface area contributed by atoms with Crippen molar-refractivity contribution in [3.63, 3.8) is 0 Å². The molecule has 2 aliphatic carbocycles. The Labute approximate surface area is 237 Å². The van der Waals surface area contributed by atoms with Crippen molar-refractivity contribution in [3.8, 4) is 0 Å². The number of hydrogen-bond donors (Lipinski definition) is 2. The van der Waals surface area contributed by atoms with E-state index in [0.717, 1.165) is 25.5 Å². The van der Waals surface area contributed by atoms with Gasteiger partial charge in [-0.3, -0.25) is 9.59 Å². The summed E-state index contributed by atoms with van der Waals surface area (Å²) in [6.07, 6.45) is 11.1. The van der Waals surface area contributed by atoms with Gasteiger partial charge in [-0.1, -0.05) is 0 Å². The van der Waals surface area contributed by atoms with E-state index in [1.165, 1.54) is 0 Å². The number of carbonyl (C=O) groups excluding carboxylic acids is 2. The molecule has 2 N–H and O–H groups in total. The van der Waals surface area contributed by atoms with E-state index in [4.69, 9.17) is 0 Å². The molecule has 1 radical (unpaired) electrons. The van der Waals surface area contributed by atoms with Crippen molar-refractivity contribution in [1.82, 2.24) is 10.6 Å². The molecule has 0 saturated heterocycles. The Bertz CT molecular complexity index is 754. The van der Waals surface area contributed by atoms with Crippen molar-refractivity contribution >= 4 is 102 Å². The Morgan fingerprint density at radius 1 is 0.690 bits per heavy atom. The maximum absolute atomic E-state index is 11.7. The van der Waals surface area contributed by atoms with Gasteiger partial charge in [0.1, 0.15) is 0 Å². The predicted molar refractivity (Wildman–Crippen MR) is 151 cm³/mol. The molecule has 161 valence electrons. The van der Waals surface area contributed by atoms with Gasteiger partial charge in [-0.2, -0.15) is 0 Å². The van der Waals surface area contributed by atoms with Gasteiger partial charge in [-0.25, -0.2) is 0 Å². The van der Waals surface area contributed by atoms with Crippen LogP contribution in [0.5, 0.6) is 0 Å². The number of allylic oxidation sites excluding steroid dienone is 10. The monoisotopic (exact) mass is 889 g/mol. The molecule has 0 fully saturated rings. The van der Waals surface area contributed by atoms with Crippen molar-refractivity contribution in [2.45, 2.75) is 39.8 Å². The van der Waals surface area contributed by atoms with Gasteiger partial charge < -0.3 is 10.6 Å². The van der Waals surface area contributed by atoms with E-state index in [9.17, 15) is 9.59 Å². The second-order valence-electron chi connectivity index (χ2n) is 6.54. The van der Waals surface area contributed by atoms with Gasteiger partial charge >= 0.3 is 0 Å². The first-order valence-electron chi connectivity index (χ1n) is 8.52. The van der Waals surface area contributed by atoms with Crippen molar-refractivity contribution in [3.05, 3.63) is 62.2 Å². The molecular weight excluding hydrogens is 867 g/mol. The van der Waals surface area contributed by atoms with E-state index >= 15 is 0 Å². The molecule has 0 unspecified atom stereocenters. The third kappa shape index (κ3) is 11.3. The van der Waals surface area contributed by atoms with Crippen molar-refractivity contribution in [1.29, 1.82) is 0 Å². The maximum atomic E-state index is 11.7. The molecule has 0 aromatic carbocycles. The minimum Gasteiger partial charge on any atom is -0.388 e. The van der Waals surface area contributed by atoms with Crippen LogP contribution in [-0.4, -0.2) is 23.7 Å². The van der Waals surface area contributed by atoms with Crippen LogP contribution in [0.2, 0.25) is 0 Å². The number of nitrogens with one attached hydrogen (secondary N) is 2. The first-order chi connectivity index (χ1) is 13.0. The number of rotatable bonds is 4. The quantitative estimate of drug-likeness (QED) is 0.262. The maximum Gasteiger partial charge on any atom is 0.200 e. The summed E-state index contributed by atoms with van der Waals surface area (Å²) in [6, 6.07) is 0.704. The zero-order valence-electron chi connectivity index (χ0n) is 16.3. The molecule has 0 aliphatic heterocycles. The molecule has 9 heteroatoms. The van der Waals surface area contributed by atoms with Crippen LogP contribution in [-0.2, 0) is 26.4 Å². The van der Waals surface area contributed by atoms with Gasteiger partial charge in [0.15, 0.2) is 0 Å². The molecular formula is C20H22CoI4N2O2. The van der Waals surface area contributed by atoms with Crippen LogP contribution in [0, 0.1) is 0 Å². The zero-order valence-corrected chi connectivity index (χ0v) is 26.0. The molecule has 0 atom stereocenters. The first kappa shape index (κ1) is 29.8. The van der Waals surface area contributed by atoms with Crippen LogP contribution in [0.3, 0.4) is 0 Å². The standard InChI is InChI=1S/2C10H11I2NO.Co/c2*1-6(2)13-5-7-3-8(11)4-9(12)10(7)14;/h2*3-6,13H,1-2H3;/b2*7-5-;. The van der Waals surface area contributed by atoms with Gasteiger partial charge in [0.2, 0.25) is 11.6 Å². The number of hydrogen-bond acceptors (Lipinski definition) is 4. The van der Waals surface area contributed by atoms with E-state index in [2.05, 4.69) is 101 Å². The largest absolute Gasteiger partial charge is 0.388 e. The smallest absolute Gasteiger partial charge is 0.200 e. The summed E-state index contributed by atoms with van der Waals surface area (Å²) in [7, 11) is 0. The zero-order chi connectivity index (χ0) is 21.4. The summed E-state index contributed by atoms with van der Waals surface area (Å²) in [4.78, 5) is 23.3. The van der Waals surface area contributed by atoms with Crippen LogP contribution < -0.4 is 10.6 Å². The van der Waals surface area contributed by atoms with Crippen molar-refractivity contribution in [2.24, 2.45) is 0 Å². The normalized spacial score (nSPS) is 19.1. The minimum atomic E-state index is 0. The molecule has 2 aliphatic rings. The Balaban J connectivity index is 0.000000523. The number of carbonyl (C=O) groups is 2. The fourth-order valence-electron chi connectivity index (χ4n) is 1.89. The van der Waals surface area contributed by atoms with E-state index in [-0.39, 0.29) is 28.3 Å². The van der Waals surface area contributed by atoms with Gasteiger partial charge in [0.25, 0.3) is 0 Å². The van der Waals surface area contributed by atoms with Gasteiger partial charge in [-0.05, 0) is 142 Å². The molecule has 29 heavy (non-hydrogen) atoms. The van der Waals surface area contributed by atoms with Gasteiger partial charge in [0.05, 0.1) is 7.16 Å². The third-order valence-corrected chi connectivity index (χ3v) is 6.07. The Morgan fingerprint density at radius 2 is 1.00 bits per heavy atom. The number of ketones is 2. The average Bonchev–Trinajstić information content (AvgIpc) is 2.59. The molecule has 4 nitrogen and oxygen atoms in total. The van der Waals surface area contributed by atoms with Crippen LogP contribution in [0.25, 0.3) is 0 Å². The molecule has 0 bridgehead atoms. The van der Waals surface area contributed by atoms with Crippen LogP contribution in [0.4, 0.5) is 0 Å². The molecule has 0 amide bonds. The summed E-state index contributed by atoms with van der Waals surface area (Å²) >= 11 is 8.56. The molecule has 0 aromatic heterocycles. The predicted octanol–water partition coefficient (Wildman–Crippen LogP) is 6.18. The van der Waals surface area contributed by atoms with Gasteiger partial charge in [-0.15, -0.1) is 0 Å². The van der Waals surface area contributed by atoms with Gasteiger partial charge in [0, 0.05) is 59.6 Å². The summed E-state index contributed by atoms with van der Waals surface area (Å²) in [5.74, 6) is 0.193. The van der Waals surface area contributed by atoms with Crippen LogP contribution in [0.1, 0.15) is 27.7 Å². The summed E-state index contributed by atoms with van der Waals surface area (Å²) in [5, 5.41) is 6.25. The number of Topliss-reactive ketones (excluding diaryl/α,β-unsaturated/α-hetero) is 2. The second kappa shape index (κ2) is 14.8. The molecule has 2 rings (SSSR count). The fourth-order valence-corrected chi connectivity index (χ4v) is 5.67. The van der Waals surface area contributed by atoms with Crippen molar-refractivity contribution in [2.75, 3.05) is 0 Å². The summed E-state index contributed by atoms with van der Waals surface area (Å²) < 4.78 is 3.71. The Kier molecular flexibility index (Phi) is 15.2. The molecule has 0 saturated carbocycles. The van der Waals surface area contributed by atoms with E-state index in [1.807, 2.05) is 52.0 Å². The van der Waals surface area contributed by atoms with E-state index in [0.29, 0.717) is 12.1 Å². The molecule has 0 heterocycles. The molecule has 0 aromatic rings. The Hall–Kier alpha value is 0.806. The first-order valence-corrected chi connectivity index (χ1v) is 12.8. The molecule has 0 spiro atoms. The fraction of sp³-hybridized carbons (Fsp3) is 0.300. The number of halogens is 4. The Morgan fingerprint density at radius 3 is 1.28 bits per heavy atom. The summed E-state index contributed by atoms with van der Waals surface area (Å²) in [6.45, 7) is 8.17. The minimum absolute atomic E-state index is 0. The summed E-state index contributed by atoms with van der Waals surface area (Å²) in [5.41, 5.74) is 1.46. The van der Waals surface area contributed by atoms with Crippen LogP contribution in [0.15, 0.2) is 62.2 Å². The SMILES string of the molecule is CC(C)N/C=C1/C=C(I)C=C(I)C1=O.CC(C)N/C=C1/C=C(I)C=C(I)C1=O.[Co]. The van der Waals surface area contributed by atoms with E-state index < -0.39 is 0 Å². The third-order valence-electron chi connectivity index (χ3n) is 3.22. The van der Waals surface area contributed by atoms with Crippen molar-refractivity contribution < 1.29 is 26.4 Å².